The van der Waals surface area contributed by atoms with E-state index in [-0.39, 0.29) is 0 Å². The van der Waals surface area contributed by atoms with Crippen LogP contribution in [0.1, 0.15) is 71.9 Å². The topological polar surface area (TPSA) is 21.1 Å². The van der Waals surface area contributed by atoms with Gasteiger partial charge in [0.25, 0.3) is 0 Å². The molecule has 180 valence electrons. The van der Waals surface area contributed by atoms with Gasteiger partial charge in [0.15, 0.2) is 0 Å². The third-order valence-corrected chi connectivity index (χ3v) is 7.72. The molecule has 0 spiro atoms. The Kier molecular flexibility index (Phi) is 7.15. The highest BCUT2D eigenvalue weighted by molar-refractivity contribution is 5.40. The Labute approximate surface area is 210 Å². The van der Waals surface area contributed by atoms with E-state index in [9.17, 15) is 0 Å². The van der Waals surface area contributed by atoms with Gasteiger partial charge in [0.2, 0.25) is 0 Å². The number of benzene rings is 3. The summed E-state index contributed by atoms with van der Waals surface area (Å²) in [5, 5.41) is 4.83. The molecule has 0 saturated carbocycles. The quantitative estimate of drug-likeness (QED) is 0.282. The van der Waals surface area contributed by atoms with Gasteiger partial charge in [-0.05, 0) is 80.5 Å². The van der Waals surface area contributed by atoms with Crippen molar-refractivity contribution < 1.29 is 0 Å². The molecule has 2 atom stereocenters. The summed E-state index contributed by atoms with van der Waals surface area (Å²) in [6, 6.07) is 32.0. The molecule has 5 rings (SSSR count). The molecule has 1 saturated heterocycles. The fraction of sp³-hybridized carbons (Fsp3) is 0.344. The first kappa shape index (κ1) is 23.6. The van der Waals surface area contributed by atoms with Gasteiger partial charge in [-0.15, -0.1) is 0 Å². The van der Waals surface area contributed by atoms with Crippen LogP contribution in [0.15, 0.2) is 84.9 Å². The van der Waals surface area contributed by atoms with Crippen LogP contribution in [0.5, 0.6) is 0 Å². The van der Waals surface area contributed by atoms with E-state index in [1.54, 1.807) is 0 Å². The van der Waals surface area contributed by atoms with Gasteiger partial charge < -0.3 is 0 Å². The van der Waals surface area contributed by atoms with Crippen molar-refractivity contribution in [3.63, 3.8) is 0 Å². The number of nitrogens with zero attached hydrogens (tertiary/aromatic N) is 3. The van der Waals surface area contributed by atoms with E-state index >= 15 is 0 Å². The summed E-state index contributed by atoms with van der Waals surface area (Å²) in [4.78, 5) is 2.76. The zero-order chi connectivity index (χ0) is 24.2. The van der Waals surface area contributed by atoms with Gasteiger partial charge in [-0.25, -0.2) is 4.68 Å². The van der Waals surface area contributed by atoms with E-state index in [4.69, 9.17) is 5.10 Å². The lowest BCUT2D eigenvalue weighted by Crippen LogP contribution is -2.37. The summed E-state index contributed by atoms with van der Waals surface area (Å²) in [6.45, 7) is 7.65. The number of aromatic nitrogens is 2. The first-order valence-corrected chi connectivity index (χ1v) is 13.2. The Balaban J connectivity index is 1.46. The Morgan fingerprint density at radius 2 is 1.54 bits per heavy atom. The maximum absolute atomic E-state index is 4.83. The largest absolute Gasteiger partial charge is 0.289 e. The van der Waals surface area contributed by atoms with Crippen LogP contribution in [0.25, 0.3) is 5.69 Å². The summed E-state index contributed by atoms with van der Waals surface area (Å²) in [6.07, 6.45) is 5.81. The molecule has 1 aliphatic heterocycles. The first-order valence-electron chi connectivity index (χ1n) is 13.2. The van der Waals surface area contributed by atoms with E-state index in [0.29, 0.717) is 12.1 Å². The van der Waals surface area contributed by atoms with Crippen molar-refractivity contribution in [3.05, 3.63) is 119 Å². The van der Waals surface area contributed by atoms with Gasteiger partial charge in [-0.2, -0.15) is 5.10 Å². The minimum absolute atomic E-state index is 0.367. The molecule has 0 bridgehead atoms. The summed E-state index contributed by atoms with van der Waals surface area (Å²) >= 11 is 0. The zero-order valence-electron chi connectivity index (χ0n) is 21.3. The number of piperidine rings is 1. The van der Waals surface area contributed by atoms with Crippen molar-refractivity contribution >= 4 is 0 Å². The highest BCUT2D eigenvalue weighted by Crippen LogP contribution is 2.39. The van der Waals surface area contributed by atoms with Crippen molar-refractivity contribution in [2.24, 2.45) is 0 Å². The lowest BCUT2D eigenvalue weighted by molar-refractivity contribution is 0.0933. The molecule has 1 fully saturated rings. The third kappa shape index (κ3) is 4.97. The van der Waals surface area contributed by atoms with Gasteiger partial charge in [-0.1, -0.05) is 86.1 Å². The van der Waals surface area contributed by atoms with Crippen LogP contribution in [0, 0.1) is 13.8 Å². The molecule has 0 radical (unpaired) electrons. The van der Waals surface area contributed by atoms with Crippen molar-refractivity contribution in [3.8, 4) is 5.69 Å². The molecule has 1 aliphatic rings. The third-order valence-electron chi connectivity index (χ3n) is 7.72. The maximum atomic E-state index is 4.83. The zero-order valence-corrected chi connectivity index (χ0v) is 21.3. The van der Waals surface area contributed by atoms with Crippen LogP contribution < -0.4 is 0 Å². The monoisotopic (exact) mass is 463 g/mol. The summed E-state index contributed by atoms with van der Waals surface area (Å²) in [7, 11) is 0. The van der Waals surface area contributed by atoms with E-state index in [1.807, 2.05) is 0 Å². The maximum Gasteiger partial charge on any atom is 0.0649 e. The molecule has 0 amide bonds. The highest BCUT2D eigenvalue weighted by atomic mass is 15.3. The first-order chi connectivity index (χ1) is 17.2. The second-order valence-corrected chi connectivity index (χ2v) is 9.87. The van der Waals surface area contributed by atoms with E-state index in [1.165, 1.54) is 47.2 Å². The van der Waals surface area contributed by atoms with Crippen LogP contribution in [0.3, 0.4) is 0 Å². The predicted octanol–water partition coefficient (Wildman–Crippen LogP) is 7.56. The van der Waals surface area contributed by atoms with Crippen molar-refractivity contribution in [1.29, 1.82) is 0 Å². The van der Waals surface area contributed by atoms with E-state index in [2.05, 4.69) is 115 Å². The number of hydrogen-bond acceptors (Lipinski definition) is 2. The molecule has 1 aromatic heterocycles. The Bertz CT molecular complexity index is 1230. The lowest BCUT2D eigenvalue weighted by Gasteiger charge is -2.42. The standard InChI is InChI=1S/C32H37N3/c1-4-30-24(2)33-35(25(30)3)29-20-18-28(19-21-29)31-17-11-12-22-34(31)32(27-15-9-6-10-16-27)23-26-13-7-5-8-14-26/h5-10,13-16,18-21,31-32H,4,11-12,17,22-23H2,1-3H3. The highest BCUT2D eigenvalue weighted by Gasteiger charge is 2.31. The summed E-state index contributed by atoms with van der Waals surface area (Å²) in [5.41, 5.74) is 9.13. The second-order valence-electron chi connectivity index (χ2n) is 9.87. The summed E-state index contributed by atoms with van der Waals surface area (Å²) < 4.78 is 2.11. The minimum atomic E-state index is 0.367. The van der Waals surface area contributed by atoms with Gasteiger partial charge in [0.05, 0.1) is 11.4 Å². The van der Waals surface area contributed by atoms with Gasteiger partial charge in [0.1, 0.15) is 0 Å². The molecule has 0 N–H and O–H groups in total. The Hall–Kier alpha value is -3.17. The molecule has 4 aromatic rings. The number of likely N-dealkylation sites (tertiary alicyclic amines) is 1. The van der Waals surface area contributed by atoms with Crippen LogP contribution in [0.4, 0.5) is 0 Å². The SMILES string of the molecule is CCc1c(C)nn(-c2ccc(C3CCCCN3C(Cc3ccccc3)c3ccccc3)cc2)c1C. The Morgan fingerprint density at radius 3 is 2.20 bits per heavy atom. The van der Waals surface area contributed by atoms with Gasteiger partial charge in [0, 0.05) is 17.8 Å². The number of hydrogen-bond donors (Lipinski definition) is 0. The average molecular weight is 464 g/mol. The van der Waals surface area contributed by atoms with Crippen molar-refractivity contribution in [2.45, 2.75) is 65.0 Å². The number of rotatable bonds is 7. The lowest BCUT2D eigenvalue weighted by atomic mass is 9.89. The molecule has 3 heteroatoms. The van der Waals surface area contributed by atoms with Crippen LogP contribution in [-0.4, -0.2) is 21.2 Å². The predicted molar refractivity (Wildman–Crippen MR) is 145 cm³/mol. The molecule has 3 nitrogen and oxygen atoms in total. The van der Waals surface area contributed by atoms with E-state index in [0.717, 1.165) is 30.8 Å². The average Bonchev–Trinajstić information content (AvgIpc) is 3.21. The van der Waals surface area contributed by atoms with Crippen LogP contribution >= 0.6 is 0 Å². The van der Waals surface area contributed by atoms with Crippen LogP contribution in [0.2, 0.25) is 0 Å². The summed E-state index contributed by atoms with van der Waals surface area (Å²) in [5.74, 6) is 0. The number of aryl methyl sites for hydroxylation is 1. The molecule has 2 heterocycles. The Morgan fingerprint density at radius 1 is 0.857 bits per heavy atom. The van der Waals surface area contributed by atoms with E-state index < -0.39 is 0 Å². The van der Waals surface area contributed by atoms with Gasteiger partial charge in [-0.3, -0.25) is 4.90 Å². The molecule has 2 unspecified atom stereocenters. The van der Waals surface area contributed by atoms with Crippen molar-refractivity contribution in [1.82, 2.24) is 14.7 Å². The molecule has 35 heavy (non-hydrogen) atoms. The molecular weight excluding hydrogens is 426 g/mol. The second kappa shape index (κ2) is 10.6. The fourth-order valence-electron chi connectivity index (χ4n) is 5.90. The minimum Gasteiger partial charge on any atom is -0.289 e. The normalized spacial score (nSPS) is 17.4. The van der Waals surface area contributed by atoms with Crippen LogP contribution in [-0.2, 0) is 12.8 Å². The molecule has 3 aromatic carbocycles. The van der Waals surface area contributed by atoms with Crippen molar-refractivity contribution in [2.75, 3.05) is 6.54 Å². The molecule has 0 aliphatic carbocycles. The fourth-order valence-corrected chi connectivity index (χ4v) is 5.90. The smallest absolute Gasteiger partial charge is 0.0649 e. The molecular formula is C32H37N3. The van der Waals surface area contributed by atoms with Gasteiger partial charge >= 0.3 is 0 Å².